The van der Waals surface area contributed by atoms with Gasteiger partial charge in [0.2, 0.25) is 0 Å². The van der Waals surface area contributed by atoms with Crippen molar-refractivity contribution in [3.8, 4) is 0 Å². The quantitative estimate of drug-likeness (QED) is 0.281. The average molecular weight is 302 g/mol. The SMILES string of the molecule is CCCCCCCCCCCCCCCC=CS(=O)[O-]. The fourth-order valence-electron chi connectivity index (χ4n) is 2.43. The number of unbranched alkanes of at least 4 members (excludes halogenated alkanes) is 13. The second kappa shape index (κ2) is 16.9. The van der Waals surface area contributed by atoms with Gasteiger partial charge >= 0.3 is 0 Å². The Hall–Kier alpha value is -0.150. The van der Waals surface area contributed by atoms with Gasteiger partial charge in [0.25, 0.3) is 0 Å². The molecule has 0 spiro atoms. The number of hydrogen-bond donors (Lipinski definition) is 0. The van der Waals surface area contributed by atoms with E-state index in [1.165, 1.54) is 82.5 Å². The number of rotatable bonds is 15. The Morgan fingerprint density at radius 3 is 1.55 bits per heavy atom. The maximum Gasteiger partial charge on any atom is -0.0155 e. The number of allylic oxidation sites excluding steroid dienone is 1. The molecule has 120 valence electrons. The minimum atomic E-state index is -2.01. The third kappa shape index (κ3) is 17.8. The fraction of sp³-hybridized carbons (Fsp3) is 0.882. The molecule has 0 N–H and O–H groups in total. The summed E-state index contributed by atoms with van der Waals surface area (Å²) in [5, 5.41) is 1.25. The third-order valence-corrected chi connectivity index (χ3v) is 4.10. The highest BCUT2D eigenvalue weighted by Gasteiger charge is 1.93. The van der Waals surface area contributed by atoms with Crippen molar-refractivity contribution in [2.75, 3.05) is 0 Å². The molecule has 0 radical (unpaired) electrons. The van der Waals surface area contributed by atoms with Gasteiger partial charge < -0.3 is 4.55 Å². The molecule has 0 fully saturated rings. The zero-order valence-electron chi connectivity index (χ0n) is 13.3. The van der Waals surface area contributed by atoms with Gasteiger partial charge in [0.1, 0.15) is 0 Å². The smallest absolute Gasteiger partial charge is 0.0155 e. The molecule has 1 atom stereocenters. The summed E-state index contributed by atoms with van der Waals surface area (Å²) >= 11 is -2.01. The van der Waals surface area contributed by atoms with Crippen molar-refractivity contribution >= 4 is 11.1 Å². The highest BCUT2D eigenvalue weighted by molar-refractivity contribution is 7.82. The second-order valence-corrected chi connectivity index (χ2v) is 6.46. The van der Waals surface area contributed by atoms with E-state index < -0.39 is 11.1 Å². The molecule has 0 aliphatic rings. The molecule has 2 nitrogen and oxygen atoms in total. The molecule has 0 saturated carbocycles. The maximum atomic E-state index is 10.2. The zero-order chi connectivity index (χ0) is 14.9. The highest BCUT2D eigenvalue weighted by atomic mass is 32.2. The van der Waals surface area contributed by atoms with Crippen LogP contribution >= 0.6 is 0 Å². The molecule has 0 bridgehead atoms. The Morgan fingerprint density at radius 2 is 1.15 bits per heavy atom. The largest absolute Gasteiger partial charge is 0.769 e. The lowest BCUT2D eigenvalue weighted by molar-refractivity contribution is 0.540. The van der Waals surface area contributed by atoms with E-state index in [4.69, 9.17) is 0 Å². The maximum absolute atomic E-state index is 10.2. The van der Waals surface area contributed by atoms with Crippen LogP contribution in [0.1, 0.15) is 96.8 Å². The van der Waals surface area contributed by atoms with Gasteiger partial charge in [0, 0.05) is 0 Å². The Morgan fingerprint density at radius 1 is 0.750 bits per heavy atom. The molecule has 1 unspecified atom stereocenters. The van der Waals surface area contributed by atoms with Gasteiger partial charge in [0.05, 0.1) is 0 Å². The first-order valence-electron chi connectivity index (χ1n) is 8.52. The highest BCUT2D eigenvalue weighted by Crippen LogP contribution is 2.12. The van der Waals surface area contributed by atoms with Gasteiger partial charge in [-0.05, 0) is 29.3 Å². The Bertz CT molecular complexity index is 239. The molecule has 0 aromatic rings. The van der Waals surface area contributed by atoms with Crippen LogP contribution in [-0.4, -0.2) is 8.76 Å². The molecule has 0 aromatic carbocycles. The molecule has 0 amide bonds. The second-order valence-electron chi connectivity index (χ2n) is 5.66. The van der Waals surface area contributed by atoms with Crippen molar-refractivity contribution in [1.29, 1.82) is 0 Å². The summed E-state index contributed by atoms with van der Waals surface area (Å²) in [6, 6.07) is 0. The van der Waals surface area contributed by atoms with Gasteiger partial charge in [-0.1, -0.05) is 90.0 Å². The van der Waals surface area contributed by atoms with E-state index in [1.807, 2.05) is 0 Å². The van der Waals surface area contributed by atoms with E-state index in [0.717, 1.165) is 12.8 Å². The van der Waals surface area contributed by atoms with Crippen molar-refractivity contribution in [1.82, 2.24) is 0 Å². The van der Waals surface area contributed by atoms with Crippen LogP contribution in [-0.2, 0) is 11.1 Å². The summed E-state index contributed by atoms with van der Waals surface area (Å²) in [4.78, 5) is 0. The Kier molecular flexibility index (Phi) is 16.8. The van der Waals surface area contributed by atoms with Crippen LogP contribution in [0.5, 0.6) is 0 Å². The Labute approximate surface area is 128 Å². The van der Waals surface area contributed by atoms with E-state index >= 15 is 0 Å². The molecular formula is C17H33O2S-. The first-order valence-corrected chi connectivity index (χ1v) is 9.66. The minimum absolute atomic E-state index is 0.895. The lowest BCUT2D eigenvalue weighted by Crippen LogP contribution is -1.83. The first kappa shape index (κ1) is 19.9. The van der Waals surface area contributed by atoms with Crippen LogP contribution in [0, 0.1) is 0 Å². The van der Waals surface area contributed by atoms with Gasteiger partial charge in [-0.25, -0.2) is 0 Å². The van der Waals surface area contributed by atoms with Crippen LogP contribution in [0.15, 0.2) is 11.5 Å². The van der Waals surface area contributed by atoms with Crippen molar-refractivity contribution in [2.24, 2.45) is 0 Å². The Balaban J connectivity index is 3.01. The predicted molar refractivity (Wildman–Crippen MR) is 88.4 cm³/mol. The molecule has 3 heteroatoms. The van der Waals surface area contributed by atoms with Gasteiger partial charge in [-0.15, -0.1) is 0 Å². The molecule has 20 heavy (non-hydrogen) atoms. The topological polar surface area (TPSA) is 40.1 Å². The fourth-order valence-corrected chi connectivity index (χ4v) is 2.72. The molecule has 0 heterocycles. The minimum Gasteiger partial charge on any atom is -0.769 e. The third-order valence-electron chi connectivity index (χ3n) is 3.68. The summed E-state index contributed by atoms with van der Waals surface area (Å²) in [6.45, 7) is 2.26. The van der Waals surface area contributed by atoms with Crippen molar-refractivity contribution in [3.05, 3.63) is 11.5 Å². The molecule has 0 aliphatic carbocycles. The van der Waals surface area contributed by atoms with Crippen LogP contribution < -0.4 is 0 Å². The van der Waals surface area contributed by atoms with Crippen LogP contribution in [0.2, 0.25) is 0 Å². The molecule has 0 saturated heterocycles. The summed E-state index contributed by atoms with van der Waals surface area (Å²) in [6.07, 6.45) is 20.2. The molecule has 0 aromatic heterocycles. The van der Waals surface area contributed by atoms with Crippen LogP contribution in [0.25, 0.3) is 0 Å². The van der Waals surface area contributed by atoms with Gasteiger partial charge in [-0.2, -0.15) is 0 Å². The summed E-state index contributed by atoms with van der Waals surface area (Å²) in [7, 11) is 0. The van der Waals surface area contributed by atoms with Crippen molar-refractivity contribution < 1.29 is 8.76 Å². The first-order chi connectivity index (χ1) is 9.77. The van der Waals surface area contributed by atoms with Crippen molar-refractivity contribution in [2.45, 2.75) is 96.8 Å². The van der Waals surface area contributed by atoms with Crippen LogP contribution in [0.4, 0.5) is 0 Å². The lowest BCUT2D eigenvalue weighted by Gasteiger charge is -2.02. The lowest BCUT2D eigenvalue weighted by atomic mass is 10.0. The average Bonchev–Trinajstić information content (AvgIpc) is 2.43. The van der Waals surface area contributed by atoms with E-state index in [-0.39, 0.29) is 0 Å². The summed E-state index contributed by atoms with van der Waals surface area (Å²) in [5.41, 5.74) is 0. The standard InChI is InChI=1S/C17H34O2S/c1-2-3-4-5-6-7-8-9-10-11-12-13-14-15-16-17-20(18)19/h16-17H,2-15H2,1H3,(H,18,19)/p-1. The van der Waals surface area contributed by atoms with E-state index in [1.54, 1.807) is 6.08 Å². The zero-order valence-corrected chi connectivity index (χ0v) is 14.1. The summed E-state index contributed by atoms with van der Waals surface area (Å²) < 4.78 is 20.5. The van der Waals surface area contributed by atoms with Gasteiger partial charge in [-0.3, -0.25) is 4.21 Å². The predicted octanol–water partition coefficient (Wildman–Crippen LogP) is 5.86. The number of hydrogen-bond acceptors (Lipinski definition) is 2. The molecular weight excluding hydrogens is 268 g/mol. The normalized spacial score (nSPS) is 13.1. The molecule has 0 aliphatic heterocycles. The summed E-state index contributed by atoms with van der Waals surface area (Å²) in [5.74, 6) is 0. The molecule has 0 rings (SSSR count). The van der Waals surface area contributed by atoms with Gasteiger partial charge in [0.15, 0.2) is 0 Å². The monoisotopic (exact) mass is 301 g/mol. The van der Waals surface area contributed by atoms with E-state index in [0.29, 0.717) is 0 Å². The van der Waals surface area contributed by atoms with E-state index in [9.17, 15) is 8.76 Å². The van der Waals surface area contributed by atoms with Crippen LogP contribution in [0.3, 0.4) is 0 Å². The van der Waals surface area contributed by atoms with E-state index in [2.05, 4.69) is 6.92 Å². The van der Waals surface area contributed by atoms with Crippen molar-refractivity contribution in [3.63, 3.8) is 0 Å².